The molecule has 64 valence electrons. The van der Waals surface area contributed by atoms with Crippen LogP contribution < -0.4 is 11.3 Å². The van der Waals surface area contributed by atoms with Crippen LogP contribution in [0.3, 0.4) is 0 Å². The Hall–Kier alpha value is -0.650. The fourth-order valence-electron chi connectivity index (χ4n) is 0.947. The number of hydrazine groups is 1. The first-order valence-electron chi connectivity index (χ1n) is 3.51. The molecule has 1 rings (SSSR count). The summed E-state index contributed by atoms with van der Waals surface area (Å²) < 4.78 is 10.5. The largest absolute Gasteiger partial charge is 0.376 e. The van der Waals surface area contributed by atoms with E-state index in [0.29, 0.717) is 25.7 Å². The molecule has 11 heavy (non-hydrogen) atoms. The zero-order chi connectivity index (χ0) is 8.10. The molecule has 0 radical (unpaired) electrons. The van der Waals surface area contributed by atoms with Gasteiger partial charge in [-0.3, -0.25) is 4.99 Å². The van der Waals surface area contributed by atoms with Crippen LogP contribution in [0.5, 0.6) is 0 Å². The van der Waals surface area contributed by atoms with E-state index >= 15 is 0 Å². The molecule has 3 N–H and O–H groups in total. The zero-order valence-corrected chi connectivity index (χ0v) is 6.54. The van der Waals surface area contributed by atoms with Crippen LogP contribution in [0.4, 0.5) is 0 Å². The van der Waals surface area contributed by atoms with Crippen LogP contribution in [0.25, 0.3) is 0 Å². The van der Waals surface area contributed by atoms with E-state index in [4.69, 9.17) is 15.3 Å². The van der Waals surface area contributed by atoms with E-state index in [9.17, 15) is 0 Å². The molecule has 5 nitrogen and oxygen atoms in total. The van der Waals surface area contributed by atoms with Crippen molar-refractivity contribution < 1.29 is 9.47 Å². The standard InChI is InChI=1S/C6H13N3O2/c1-8-6(9-7)5-4-10-2-3-11-5/h5H,2-4,7H2,1H3,(H,8,9). The summed E-state index contributed by atoms with van der Waals surface area (Å²) in [4.78, 5) is 3.91. The number of nitrogens with two attached hydrogens (primary N) is 1. The van der Waals surface area contributed by atoms with Crippen molar-refractivity contribution in [3.05, 3.63) is 0 Å². The van der Waals surface area contributed by atoms with Gasteiger partial charge in [-0.05, 0) is 0 Å². The van der Waals surface area contributed by atoms with E-state index in [1.165, 1.54) is 0 Å². The number of rotatable bonds is 1. The molecular formula is C6H13N3O2. The fourth-order valence-corrected chi connectivity index (χ4v) is 0.947. The van der Waals surface area contributed by atoms with Gasteiger partial charge >= 0.3 is 0 Å². The predicted molar refractivity (Wildman–Crippen MR) is 41.2 cm³/mol. The molecule has 1 fully saturated rings. The van der Waals surface area contributed by atoms with Gasteiger partial charge in [0.1, 0.15) is 11.9 Å². The normalized spacial score (nSPS) is 26.7. The van der Waals surface area contributed by atoms with Gasteiger partial charge in [0.15, 0.2) is 0 Å². The molecule has 1 saturated heterocycles. The molecule has 0 aromatic rings. The molecule has 1 aliphatic heterocycles. The van der Waals surface area contributed by atoms with Crippen molar-refractivity contribution in [3.8, 4) is 0 Å². The highest BCUT2D eigenvalue weighted by molar-refractivity contribution is 5.86. The minimum absolute atomic E-state index is 0.126. The van der Waals surface area contributed by atoms with Crippen molar-refractivity contribution in [1.82, 2.24) is 5.43 Å². The van der Waals surface area contributed by atoms with Crippen LogP contribution in [0.1, 0.15) is 0 Å². The van der Waals surface area contributed by atoms with E-state index < -0.39 is 0 Å². The lowest BCUT2D eigenvalue weighted by Crippen LogP contribution is -2.45. The van der Waals surface area contributed by atoms with E-state index in [2.05, 4.69) is 10.4 Å². The highest BCUT2D eigenvalue weighted by atomic mass is 16.6. The Labute approximate surface area is 65.5 Å². The molecule has 0 aromatic carbocycles. The maximum atomic E-state index is 5.32. The Morgan fingerprint density at radius 3 is 2.91 bits per heavy atom. The number of ether oxygens (including phenoxy) is 2. The van der Waals surface area contributed by atoms with Crippen LogP contribution in [-0.2, 0) is 9.47 Å². The summed E-state index contributed by atoms with van der Waals surface area (Å²) in [5, 5.41) is 0. The molecule has 1 atom stereocenters. The Bertz CT molecular complexity index is 143. The van der Waals surface area contributed by atoms with Gasteiger partial charge in [-0.1, -0.05) is 0 Å². The summed E-state index contributed by atoms with van der Waals surface area (Å²) in [7, 11) is 1.66. The molecule has 0 aliphatic carbocycles. The van der Waals surface area contributed by atoms with Gasteiger partial charge in [0.25, 0.3) is 0 Å². The van der Waals surface area contributed by atoms with Gasteiger partial charge in [-0.15, -0.1) is 0 Å². The van der Waals surface area contributed by atoms with E-state index in [-0.39, 0.29) is 6.10 Å². The third-order valence-electron chi connectivity index (χ3n) is 1.51. The maximum Gasteiger partial charge on any atom is 0.142 e. The van der Waals surface area contributed by atoms with Crippen molar-refractivity contribution in [2.75, 3.05) is 26.9 Å². The van der Waals surface area contributed by atoms with Crippen molar-refractivity contribution in [1.29, 1.82) is 0 Å². The predicted octanol–water partition coefficient (Wildman–Crippen LogP) is -1.11. The molecule has 1 aliphatic rings. The van der Waals surface area contributed by atoms with Crippen LogP contribution in [0.15, 0.2) is 4.99 Å². The van der Waals surface area contributed by atoms with Crippen LogP contribution in [0, 0.1) is 0 Å². The number of hydrogen-bond donors (Lipinski definition) is 2. The number of aliphatic imine (C=N–C) groups is 1. The minimum Gasteiger partial charge on any atom is -0.376 e. The second-order valence-corrected chi connectivity index (χ2v) is 2.19. The van der Waals surface area contributed by atoms with E-state index in [1.807, 2.05) is 0 Å². The van der Waals surface area contributed by atoms with Crippen molar-refractivity contribution in [2.45, 2.75) is 6.10 Å². The smallest absolute Gasteiger partial charge is 0.142 e. The lowest BCUT2D eigenvalue weighted by atomic mass is 10.3. The van der Waals surface area contributed by atoms with Gasteiger partial charge in [0, 0.05) is 7.05 Å². The molecule has 1 heterocycles. The van der Waals surface area contributed by atoms with Crippen LogP contribution >= 0.6 is 0 Å². The van der Waals surface area contributed by atoms with E-state index in [0.717, 1.165) is 0 Å². The van der Waals surface area contributed by atoms with Crippen LogP contribution in [-0.4, -0.2) is 38.8 Å². The number of amidine groups is 1. The highest BCUT2D eigenvalue weighted by Crippen LogP contribution is 2.00. The number of nitrogens with one attached hydrogen (secondary N) is 1. The Balaban J connectivity index is 2.43. The van der Waals surface area contributed by atoms with Gasteiger partial charge < -0.3 is 14.9 Å². The average Bonchev–Trinajstić information content (AvgIpc) is 2.09. The summed E-state index contributed by atoms with van der Waals surface area (Å²) in [5.41, 5.74) is 2.47. The molecule has 0 bridgehead atoms. The first-order chi connectivity index (χ1) is 5.38. The molecule has 0 amide bonds. The lowest BCUT2D eigenvalue weighted by molar-refractivity contribution is -0.0605. The van der Waals surface area contributed by atoms with Crippen molar-refractivity contribution in [2.24, 2.45) is 10.8 Å². The molecule has 0 aromatic heterocycles. The van der Waals surface area contributed by atoms with Gasteiger partial charge in [-0.2, -0.15) is 0 Å². The van der Waals surface area contributed by atoms with Gasteiger partial charge in [0.2, 0.25) is 0 Å². The average molecular weight is 159 g/mol. The van der Waals surface area contributed by atoms with Crippen molar-refractivity contribution in [3.63, 3.8) is 0 Å². The monoisotopic (exact) mass is 159 g/mol. The maximum absolute atomic E-state index is 5.32. The summed E-state index contributed by atoms with van der Waals surface area (Å²) >= 11 is 0. The van der Waals surface area contributed by atoms with Crippen molar-refractivity contribution >= 4 is 5.84 Å². The van der Waals surface area contributed by atoms with E-state index in [1.54, 1.807) is 7.05 Å². The molecule has 1 unspecified atom stereocenters. The third kappa shape index (κ3) is 2.14. The highest BCUT2D eigenvalue weighted by Gasteiger charge is 2.18. The molecular weight excluding hydrogens is 146 g/mol. The van der Waals surface area contributed by atoms with Gasteiger partial charge in [0.05, 0.1) is 19.8 Å². The summed E-state index contributed by atoms with van der Waals surface area (Å²) in [6, 6.07) is 0. The molecule has 0 saturated carbocycles. The molecule has 5 heteroatoms. The first-order valence-corrected chi connectivity index (χ1v) is 3.51. The Morgan fingerprint density at radius 2 is 2.45 bits per heavy atom. The number of nitrogens with zero attached hydrogens (tertiary/aromatic N) is 1. The number of hydrogen-bond acceptors (Lipinski definition) is 4. The van der Waals surface area contributed by atoms with Gasteiger partial charge in [-0.25, -0.2) is 5.84 Å². The third-order valence-corrected chi connectivity index (χ3v) is 1.51. The lowest BCUT2D eigenvalue weighted by Gasteiger charge is -2.23. The summed E-state index contributed by atoms with van der Waals surface area (Å²) in [5.74, 6) is 5.83. The second-order valence-electron chi connectivity index (χ2n) is 2.19. The Kier molecular flexibility index (Phi) is 3.28. The summed E-state index contributed by atoms with van der Waals surface area (Å²) in [6.07, 6.45) is -0.126. The first kappa shape index (κ1) is 8.45. The summed E-state index contributed by atoms with van der Waals surface area (Å²) in [6.45, 7) is 1.78. The quantitative estimate of drug-likeness (QED) is 0.220. The fraction of sp³-hybridized carbons (Fsp3) is 0.833. The minimum atomic E-state index is -0.126. The zero-order valence-electron chi connectivity index (χ0n) is 6.54. The molecule has 0 spiro atoms. The topological polar surface area (TPSA) is 68.9 Å². The second kappa shape index (κ2) is 4.27. The Morgan fingerprint density at radius 1 is 1.64 bits per heavy atom. The SMILES string of the molecule is CN=C(NN)C1COCCO1. The van der Waals surface area contributed by atoms with Crippen LogP contribution in [0.2, 0.25) is 0 Å².